The monoisotopic (exact) mass is 162 g/mol. The largest absolute Gasteiger partial charge is 0.661 e. The number of nitrogens with one attached hydrogen (secondary N) is 1. The number of hydrogen-bond donors (Lipinski definition) is 1. The van der Waals surface area contributed by atoms with E-state index in [0.717, 1.165) is 25.2 Å². The zero-order chi connectivity index (χ0) is 8.23. The van der Waals surface area contributed by atoms with E-state index in [-0.39, 0.29) is 0 Å². The number of hydrogen-bond acceptors (Lipinski definition) is 2. The molecule has 0 aliphatic carbocycles. The molecule has 1 saturated heterocycles. The Bertz CT molecular complexity index is 229. The first kappa shape index (κ1) is 7.55. The number of rotatable bonds is 2. The molecule has 1 aliphatic heterocycles. The fraction of sp³-hybridized carbons (Fsp3) is 0.444. The molecule has 2 rings (SSSR count). The van der Waals surface area contributed by atoms with Crippen LogP contribution in [0.1, 0.15) is 6.42 Å². The van der Waals surface area contributed by atoms with Gasteiger partial charge >= 0.3 is 0 Å². The Labute approximate surface area is 72.2 Å². The molecule has 1 aromatic rings. The van der Waals surface area contributed by atoms with Gasteiger partial charge in [-0.1, -0.05) is 6.42 Å². The molecule has 64 valence electrons. The van der Waals surface area contributed by atoms with Crippen LogP contribution in [0.3, 0.4) is 0 Å². The van der Waals surface area contributed by atoms with Crippen molar-refractivity contribution in [3.05, 3.63) is 29.8 Å². The molecule has 0 aromatic carbocycles. The van der Waals surface area contributed by atoms with Gasteiger partial charge in [-0.15, -0.1) is 13.1 Å². The summed E-state index contributed by atoms with van der Waals surface area (Å²) < 4.78 is 0. The van der Waals surface area contributed by atoms with Crippen molar-refractivity contribution >= 4 is 5.69 Å². The van der Waals surface area contributed by atoms with Gasteiger partial charge in [0.15, 0.2) is 0 Å². The summed E-state index contributed by atoms with van der Waals surface area (Å²) in [5.74, 6) is 0. The van der Waals surface area contributed by atoms with Gasteiger partial charge in [-0.2, -0.15) is 0 Å². The standard InChI is InChI=1S/C9H12N3/c1-2-8(6-10-4-1)12-9-3-5-11-7-9/h1-2,4,6,9,12H,3,5,7H2/q-1. The smallest absolute Gasteiger partial charge is 0.0528 e. The minimum atomic E-state index is 0.522. The summed E-state index contributed by atoms with van der Waals surface area (Å²) in [7, 11) is 0. The Morgan fingerprint density at radius 1 is 1.58 bits per heavy atom. The molecule has 0 bridgehead atoms. The lowest BCUT2D eigenvalue weighted by Gasteiger charge is -2.15. The number of nitrogens with zero attached hydrogens (tertiary/aromatic N) is 2. The molecular weight excluding hydrogens is 150 g/mol. The second kappa shape index (κ2) is 3.54. The van der Waals surface area contributed by atoms with Gasteiger partial charge in [0, 0.05) is 18.4 Å². The average Bonchev–Trinajstić information content (AvgIpc) is 2.59. The van der Waals surface area contributed by atoms with Crippen LogP contribution in [-0.4, -0.2) is 24.1 Å². The second-order valence-corrected chi connectivity index (χ2v) is 3.00. The molecule has 0 saturated carbocycles. The van der Waals surface area contributed by atoms with Gasteiger partial charge in [-0.25, -0.2) is 0 Å². The van der Waals surface area contributed by atoms with Crippen LogP contribution in [0, 0.1) is 0 Å². The molecule has 1 aliphatic rings. The Balaban J connectivity index is 1.94. The van der Waals surface area contributed by atoms with Crippen LogP contribution in [-0.2, 0) is 0 Å². The van der Waals surface area contributed by atoms with E-state index in [1.54, 1.807) is 6.20 Å². The van der Waals surface area contributed by atoms with Gasteiger partial charge < -0.3 is 10.6 Å². The third-order valence-corrected chi connectivity index (χ3v) is 2.02. The topological polar surface area (TPSA) is 39.0 Å². The van der Waals surface area contributed by atoms with Crippen molar-refractivity contribution in [1.29, 1.82) is 0 Å². The highest BCUT2D eigenvalue weighted by Crippen LogP contribution is 2.14. The predicted molar refractivity (Wildman–Crippen MR) is 49.4 cm³/mol. The summed E-state index contributed by atoms with van der Waals surface area (Å²) in [5, 5.41) is 7.66. The summed E-state index contributed by atoms with van der Waals surface area (Å²) in [6, 6.07) is 4.49. The summed E-state index contributed by atoms with van der Waals surface area (Å²) in [5.41, 5.74) is 1.10. The molecule has 0 radical (unpaired) electrons. The highest BCUT2D eigenvalue weighted by Gasteiger charge is 2.05. The summed E-state index contributed by atoms with van der Waals surface area (Å²) in [4.78, 5) is 4.03. The highest BCUT2D eigenvalue weighted by molar-refractivity contribution is 5.41. The van der Waals surface area contributed by atoms with Crippen molar-refractivity contribution in [2.75, 3.05) is 18.4 Å². The van der Waals surface area contributed by atoms with E-state index in [1.807, 2.05) is 18.3 Å². The van der Waals surface area contributed by atoms with Crippen molar-refractivity contribution in [1.82, 2.24) is 4.98 Å². The van der Waals surface area contributed by atoms with Gasteiger partial charge in [-0.05, 0) is 12.1 Å². The van der Waals surface area contributed by atoms with Crippen molar-refractivity contribution in [3.8, 4) is 0 Å². The fourth-order valence-electron chi connectivity index (χ4n) is 1.39. The summed E-state index contributed by atoms with van der Waals surface area (Å²) in [6.45, 7) is 1.94. The Morgan fingerprint density at radius 2 is 2.58 bits per heavy atom. The minimum absolute atomic E-state index is 0.522. The molecule has 0 spiro atoms. The first-order chi connectivity index (χ1) is 5.95. The predicted octanol–water partition coefficient (Wildman–Crippen LogP) is 1.64. The average molecular weight is 162 g/mol. The molecule has 2 heterocycles. The normalized spacial score (nSPS) is 22.5. The quantitative estimate of drug-likeness (QED) is 0.718. The van der Waals surface area contributed by atoms with Gasteiger partial charge in [0.05, 0.1) is 5.69 Å². The molecule has 1 fully saturated rings. The first-order valence-electron chi connectivity index (χ1n) is 4.25. The number of aromatic nitrogens is 1. The summed E-state index contributed by atoms with van der Waals surface area (Å²) in [6.07, 6.45) is 4.78. The van der Waals surface area contributed by atoms with Crippen LogP contribution in [0.5, 0.6) is 0 Å². The number of anilines is 1. The maximum absolute atomic E-state index is 4.28. The Kier molecular flexibility index (Phi) is 2.23. The van der Waals surface area contributed by atoms with Crippen molar-refractivity contribution in [2.45, 2.75) is 12.5 Å². The lowest BCUT2D eigenvalue weighted by Crippen LogP contribution is -2.18. The molecule has 1 aromatic heterocycles. The van der Waals surface area contributed by atoms with Gasteiger partial charge in [-0.3, -0.25) is 4.98 Å². The molecule has 12 heavy (non-hydrogen) atoms. The van der Waals surface area contributed by atoms with Crippen LogP contribution in [0.2, 0.25) is 0 Å². The molecule has 1 unspecified atom stereocenters. The maximum atomic E-state index is 4.28. The highest BCUT2D eigenvalue weighted by atomic mass is 15.0. The lowest BCUT2D eigenvalue weighted by molar-refractivity contribution is 0.810. The van der Waals surface area contributed by atoms with Crippen LogP contribution in [0.25, 0.3) is 5.32 Å². The van der Waals surface area contributed by atoms with Crippen molar-refractivity contribution < 1.29 is 0 Å². The SMILES string of the molecule is c1cncc(NC2CC[N-]C2)c1. The second-order valence-electron chi connectivity index (χ2n) is 3.00. The van der Waals surface area contributed by atoms with Crippen LogP contribution < -0.4 is 5.32 Å². The van der Waals surface area contributed by atoms with Crippen molar-refractivity contribution in [3.63, 3.8) is 0 Å². The van der Waals surface area contributed by atoms with Crippen LogP contribution in [0.15, 0.2) is 24.5 Å². The number of pyridine rings is 1. The minimum Gasteiger partial charge on any atom is -0.661 e. The lowest BCUT2D eigenvalue weighted by atomic mass is 10.2. The maximum Gasteiger partial charge on any atom is 0.0528 e. The Morgan fingerprint density at radius 3 is 3.25 bits per heavy atom. The Hall–Kier alpha value is -1.09. The van der Waals surface area contributed by atoms with Crippen molar-refractivity contribution in [2.24, 2.45) is 0 Å². The van der Waals surface area contributed by atoms with E-state index in [9.17, 15) is 0 Å². The van der Waals surface area contributed by atoms with Gasteiger partial charge in [0.2, 0.25) is 0 Å². The third-order valence-electron chi connectivity index (χ3n) is 2.02. The van der Waals surface area contributed by atoms with Crippen LogP contribution in [0.4, 0.5) is 5.69 Å². The molecule has 0 amide bonds. The van der Waals surface area contributed by atoms with E-state index >= 15 is 0 Å². The van der Waals surface area contributed by atoms with Gasteiger partial charge in [0.25, 0.3) is 0 Å². The zero-order valence-electron chi connectivity index (χ0n) is 6.90. The van der Waals surface area contributed by atoms with E-state index in [4.69, 9.17) is 0 Å². The first-order valence-corrected chi connectivity index (χ1v) is 4.25. The van der Waals surface area contributed by atoms with E-state index < -0.39 is 0 Å². The third kappa shape index (κ3) is 1.74. The molecule has 3 nitrogen and oxygen atoms in total. The summed E-state index contributed by atoms with van der Waals surface area (Å²) >= 11 is 0. The molecule has 1 atom stereocenters. The molecular formula is C9H12N3-. The van der Waals surface area contributed by atoms with E-state index in [2.05, 4.69) is 15.6 Å². The molecule has 1 N–H and O–H groups in total. The van der Waals surface area contributed by atoms with Crippen LogP contribution >= 0.6 is 0 Å². The van der Waals surface area contributed by atoms with E-state index in [1.165, 1.54) is 0 Å². The molecule has 3 heteroatoms. The van der Waals surface area contributed by atoms with Gasteiger partial charge in [0.1, 0.15) is 0 Å². The zero-order valence-corrected chi connectivity index (χ0v) is 6.90. The fourth-order valence-corrected chi connectivity index (χ4v) is 1.39. The van der Waals surface area contributed by atoms with E-state index in [0.29, 0.717) is 6.04 Å².